The summed E-state index contributed by atoms with van der Waals surface area (Å²) >= 11 is 0. The number of carbonyl (C=O) groups is 1. The van der Waals surface area contributed by atoms with E-state index in [0.29, 0.717) is 19.8 Å². The maximum atomic E-state index is 12.4. The number of morpholine rings is 1. The predicted molar refractivity (Wildman–Crippen MR) is 76.9 cm³/mol. The van der Waals surface area contributed by atoms with Gasteiger partial charge in [0.1, 0.15) is 0 Å². The molecule has 0 N–H and O–H groups in total. The Hall–Kier alpha value is -0.690. The second-order valence-electron chi connectivity index (χ2n) is 6.44. The van der Waals surface area contributed by atoms with Crippen LogP contribution in [0, 0.1) is 0 Å². The van der Waals surface area contributed by atoms with Crippen molar-refractivity contribution in [2.45, 2.75) is 44.7 Å². The first-order valence-corrected chi connectivity index (χ1v) is 8.00. The highest BCUT2D eigenvalue weighted by atomic mass is 16.7. The molecule has 0 aromatic rings. The van der Waals surface area contributed by atoms with Crippen LogP contribution in [0.1, 0.15) is 26.7 Å². The van der Waals surface area contributed by atoms with Crippen molar-refractivity contribution < 1.29 is 19.0 Å². The molecule has 0 bridgehead atoms. The first-order valence-electron chi connectivity index (χ1n) is 8.00. The van der Waals surface area contributed by atoms with Crippen molar-refractivity contribution in [3.8, 4) is 0 Å². The van der Waals surface area contributed by atoms with Crippen molar-refractivity contribution in [2.24, 2.45) is 0 Å². The fraction of sp³-hybridized carbons (Fsp3) is 0.933. The summed E-state index contributed by atoms with van der Waals surface area (Å²) in [6.07, 6.45) is 1.97. The average Bonchev–Trinajstić information content (AvgIpc) is 2.86. The molecule has 3 saturated heterocycles. The molecule has 0 aromatic heterocycles. The molecular formula is C15H26N2O4. The minimum absolute atomic E-state index is 0.200. The van der Waals surface area contributed by atoms with Gasteiger partial charge in [0, 0.05) is 39.0 Å². The van der Waals surface area contributed by atoms with Gasteiger partial charge in [-0.05, 0) is 13.8 Å². The largest absolute Gasteiger partial charge is 0.373 e. The number of piperidine rings is 1. The van der Waals surface area contributed by atoms with Crippen LogP contribution in [0.25, 0.3) is 0 Å². The van der Waals surface area contributed by atoms with Crippen LogP contribution in [0.15, 0.2) is 0 Å². The van der Waals surface area contributed by atoms with E-state index in [1.54, 1.807) is 0 Å². The Morgan fingerprint density at radius 1 is 1.10 bits per heavy atom. The number of hydrogen-bond donors (Lipinski definition) is 0. The van der Waals surface area contributed by atoms with E-state index in [2.05, 4.69) is 18.7 Å². The minimum Gasteiger partial charge on any atom is -0.373 e. The van der Waals surface area contributed by atoms with Crippen LogP contribution < -0.4 is 0 Å². The van der Waals surface area contributed by atoms with Crippen molar-refractivity contribution in [1.29, 1.82) is 0 Å². The molecule has 6 heteroatoms. The zero-order valence-corrected chi connectivity index (χ0v) is 13.0. The third kappa shape index (κ3) is 3.56. The van der Waals surface area contributed by atoms with E-state index >= 15 is 0 Å². The molecule has 3 fully saturated rings. The van der Waals surface area contributed by atoms with E-state index in [4.69, 9.17) is 14.2 Å². The van der Waals surface area contributed by atoms with Crippen molar-refractivity contribution in [3.63, 3.8) is 0 Å². The number of likely N-dealkylation sites (tertiary alicyclic amines) is 1. The molecule has 3 heterocycles. The second kappa shape index (κ2) is 6.20. The molecule has 0 unspecified atom stereocenters. The summed E-state index contributed by atoms with van der Waals surface area (Å²) in [5.74, 6) is -0.192. The van der Waals surface area contributed by atoms with Gasteiger partial charge in [-0.1, -0.05) is 0 Å². The average molecular weight is 298 g/mol. The molecule has 0 radical (unpaired) electrons. The summed E-state index contributed by atoms with van der Waals surface area (Å²) in [5, 5.41) is 0. The standard InChI is InChI=1S/C15H26N2O4/c1-12-9-16(10-13(2)21-12)11-14(18)17-5-3-15(4-6-17)19-7-8-20-15/h12-13H,3-11H2,1-2H3/t12-,13+. The highest BCUT2D eigenvalue weighted by molar-refractivity contribution is 5.78. The van der Waals surface area contributed by atoms with Gasteiger partial charge >= 0.3 is 0 Å². The molecule has 3 rings (SSSR count). The highest BCUT2D eigenvalue weighted by Crippen LogP contribution is 2.31. The Morgan fingerprint density at radius 2 is 1.67 bits per heavy atom. The lowest BCUT2D eigenvalue weighted by molar-refractivity contribution is -0.188. The molecule has 120 valence electrons. The Balaban J connectivity index is 1.48. The molecular weight excluding hydrogens is 272 g/mol. The zero-order valence-electron chi connectivity index (χ0n) is 13.0. The summed E-state index contributed by atoms with van der Waals surface area (Å²) in [5.41, 5.74) is 0. The number of nitrogens with zero attached hydrogens (tertiary/aromatic N) is 2. The fourth-order valence-corrected chi connectivity index (χ4v) is 3.59. The van der Waals surface area contributed by atoms with Gasteiger partial charge in [-0.15, -0.1) is 0 Å². The fourth-order valence-electron chi connectivity index (χ4n) is 3.59. The summed E-state index contributed by atoms with van der Waals surface area (Å²) in [7, 11) is 0. The van der Waals surface area contributed by atoms with Gasteiger partial charge in [-0.3, -0.25) is 9.69 Å². The van der Waals surface area contributed by atoms with E-state index in [-0.39, 0.29) is 18.1 Å². The topological polar surface area (TPSA) is 51.2 Å². The van der Waals surface area contributed by atoms with Gasteiger partial charge in [-0.2, -0.15) is 0 Å². The maximum absolute atomic E-state index is 12.4. The SMILES string of the molecule is C[C@@H]1CN(CC(=O)N2CCC3(CC2)OCCO3)C[C@H](C)O1. The Bertz CT molecular complexity index is 364. The quantitative estimate of drug-likeness (QED) is 0.741. The Kier molecular flexibility index (Phi) is 4.49. The number of carbonyl (C=O) groups excluding carboxylic acids is 1. The van der Waals surface area contributed by atoms with Gasteiger partial charge in [-0.25, -0.2) is 0 Å². The third-order valence-electron chi connectivity index (χ3n) is 4.55. The minimum atomic E-state index is -0.404. The second-order valence-corrected chi connectivity index (χ2v) is 6.44. The lowest BCUT2D eigenvalue weighted by Crippen LogP contribution is -2.52. The van der Waals surface area contributed by atoms with E-state index in [1.807, 2.05) is 4.90 Å². The van der Waals surface area contributed by atoms with Crippen LogP contribution in [0.2, 0.25) is 0 Å². The van der Waals surface area contributed by atoms with Crippen molar-refractivity contribution in [1.82, 2.24) is 9.80 Å². The first kappa shape index (κ1) is 15.2. The molecule has 2 atom stereocenters. The number of ether oxygens (including phenoxy) is 3. The van der Waals surface area contributed by atoms with Crippen LogP contribution >= 0.6 is 0 Å². The third-order valence-corrected chi connectivity index (χ3v) is 4.55. The van der Waals surface area contributed by atoms with Crippen LogP contribution in [0.5, 0.6) is 0 Å². The van der Waals surface area contributed by atoms with Crippen molar-refractivity contribution >= 4 is 5.91 Å². The smallest absolute Gasteiger partial charge is 0.236 e. The molecule has 0 aliphatic carbocycles. The molecule has 6 nitrogen and oxygen atoms in total. The normalized spacial score (nSPS) is 33.5. The lowest BCUT2D eigenvalue weighted by Gasteiger charge is -2.39. The van der Waals surface area contributed by atoms with Crippen LogP contribution in [0.4, 0.5) is 0 Å². The number of rotatable bonds is 2. The monoisotopic (exact) mass is 298 g/mol. The van der Waals surface area contributed by atoms with Gasteiger partial charge in [0.15, 0.2) is 5.79 Å². The van der Waals surface area contributed by atoms with Crippen molar-refractivity contribution in [2.75, 3.05) is 45.9 Å². The van der Waals surface area contributed by atoms with Crippen LogP contribution in [0.3, 0.4) is 0 Å². The molecule has 21 heavy (non-hydrogen) atoms. The van der Waals surface area contributed by atoms with E-state index in [0.717, 1.165) is 39.0 Å². The summed E-state index contributed by atoms with van der Waals surface area (Å²) in [6, 6.07) is 0. The molecule has 1 spiro atoms. The number of hydrogen-bond acceptors (Lipinski definition) is 5. The molecule has 3 aliphatic heterocycles. The van der Waals surface area contributed by atoms with Crippen LogP contribution in [-0.4, -0.2) is 79.6 Å². The summed E-state index contributed by atoms with van der Waals surface area (Å²) in [4.78, 5) is 16.6. The van der Waals surface area contributed by atoms with Crippen molar-refractivity contribution in [3.05, 3.63) is 0 Å². The molecule has 0 aromatic carbocycles. The predicted octanol–water partition coefficient (Wildman–Crippen LogP) is 0.461. The van der Waals surface area contributed by atoms with Gasteiger partial charge in [0.05, 0.1) is 32.0 Å². The Morgan fingerprint density at radius 3 is 2.24 bits per heavy atom. The first-order chi connectivity index (χ1) is 10.1. The molecule has 1 amide bonds. The van der Waals surface area contributed by atoms with Gasteiger partial charge in [0.25, 0.3) is 0 Å². The van der Waals surface area contributed by atoms with E-state index in [1.165, 1.54) is 0 Å². The van der Waals surface area contributed by atoms with Gasteiger partial charge in [0.2, 0.25) is 5.91 Å². The summed E-state index contributed by atoms with van der Waals surface area (Å²) in [6.45, 7) is 9.10. The summed E-state index contributed by atoms with van der Waals surface area (Å²) < 4.78 is 17.1. The zero-order chi connectivity index (χ0) is 14.9. The number of amides is 1. The maximum Gasteiger partial charge on any atom is 0.236 e. The Labute approximate surface area is 126 Å². The molecule has 3 aliphatic rings. The highest BCUT2D eigenvalue weighted by Gasteiger charge is 2.41. The van der Waals surface area contributed by atoms with Gasteiger partial charge < -0.3 is 19.1 Å². The lowest BCUT2D eigenvalue weighted by atomic mass is 10.0. The van der Waals surface area contributed by atoms with E-state index in [9.17, 15) is 4.79 Å². The van der Waals surface area contributed by atoms with E-state index < -0.39 is 5.79 Å². The van der Waals surface area contributed by atoms with Crippen LogP contribution in [-0.2, 0) is 19.0 Å². The molecule has 0 saturated carbocycles.